The maximum atomic E-state index is 14.1. The van der Waals surface area contributed by atoms with Gasteiger partial charge in [-0.15, -0.1) is 11.3 Å². The van der Waals surface area contributed by atoms with Crippen LogP contribution in [0.4, 0.5) is 4.39 Å². The van der Waals surface area contributed by atoms with Crippen molar-refractivity contribution in [3.8, 4) is 16.2 Å². The van der Waals surface area contributed by atoms with Crippen molar-refractivity contribution in [3.63, 3.8) is 0 Å². The number of aryl methyl sites for hydroxylation is 1. The second-order valence-electron chi connectivity index (χ2n) is 11.5. The average Bonchev–Trinajstić information content (AvgIpc) is 3.32. The van der Waals surface area contributed by atoms with Gasteiger partial charge in [-0.3, -0.25) is 9.59 Å². The summed E-state index contributed by atoms with van der Waals surface area (Å²) in [5.74, 6) is -1.62. The molecule has 1 saturated heterocycles. The van der Waals surface area contributed by atoms with Crippen molar-refractivity contribution in [2.75, 3.05) is 19.8 Å². The first kappa shape index (κ1) is 30.8. The van der Waals surface area contributed by atoms with Crippen molar-refractivity contribution in [2.24, 2.45) is 11.1 Å². The van der Waals surface area contributed by atoms with Gasteiger partial charge >= 0.3 is 5.97 Å². The Hall–Kier alpha value is -3.13. The topological polar surface area (TPSA) is 164 Å². The number of aliphatic hydroxyl groups is 1. The van der Waals surface area contributed by atoms with Gasteiger partial charge in [-0.25, -0.2) is 14.2 Å². The van der Waals surface area contributed by atoms with Crippen LogP contribution in [0, 0.1) is 12.3 Å². The van der Waals surface area contributed by atoms with Gasteiger partial charge in [-0.05, 0) is 36.8 Å². The molecule has 1 aliphatic carbocycles. The smallest absolute Gasteiger partial charge is 0.341 e. The summed E-state index contributed by atoms with van der Waals surface area (Å²) in [5.41, 5.74) is 7.53. The Morgan fingerprint density at radius 1 is 1.34 bits per heavy atom. The summed E-state index contributed by atoms with van der Waals surface area (Å²) in [5, 5.41) is 22.2. The van der Waals surface area contributed by atoms with Crippen molar-refractivity contribution >= 4 is 29.1 Å². The molecule has 13 heteroatoms. The molecule has 2 aromatic rings. The van der Waals surface area contributed by atoms with Crippen molar-refractivity contribution < 1.29 is 38.5 Å². The van der Waals surface area contributed by atoms with E-state index < -0.39 is 47.9 Å². The third-order valence-electron chi connectivity index (χ3n) is 7.30. The number of benzene rings is 1. The molecular weight excluding hydrogens is 555 g/mol. The van der Waals surface area contributed by atoms with E-state index in [9.17, 15) is 23.9 Å². The Balaban J connectivity index is 1.39. The number of aliphatic carboxylic acids is 1. The molecular formula is C28H37FN4O7S. The number of carboxylic acids is 1. The third-order valence-corrected chi connectivity index (χ3v) is 8.28. The molecule has 224 valence electrons. The molecule has 0 spiro atoms. The van der Waals surface area contributed by atoms with E-state index in [1.165, 1.54) is 16.2 Å². The van der Waals surface area contributed by atoms with Crippen LogP contribution in [0.3, 0.4) is 0 Å². The number of carbonyl (C=O) groups excluding carboxylic acids is 2. The quantitative estimate of drug-likeness (QED) is 0.256. The van der Waals surface area contributed by atoms with Gasteiger partial charge in [-0.1, -0.05) is 26.0 Å². The number of ether oxygens (including phenoxy) is 2. The van der Waals surface area contributed by atoms with Crippen LogP contribution in [0.2, 0.25) is 0 Å². The van der Waals surface area contributed by atoms with E-state index in [-0.39, 0.29) is 38.4 Å². The van der Waals surface area contributed by atoms with E-state index in [4.69, 9.17) is 20.3 Å². The second-order valence-corrected chi connectivity index (χ2v) is 12.4. The first-order valence-corrected chi connectivity index (χ1v) is 14.4. The molecule has 2 amide bonds. The van der Waals surface area contributed by atoms with Gasteiger partial charge in [0.2, 0.25) is 11.8 Å². The molecule has 41 heavy (non-hydrogen) atoms. The van der Waals surface area contributed by atoms with Crippen LogP contribution >= 0.6 is 11.3 Å². The van der Waals surface area contributed by atoms with Gasteiger partial charge in [0.05, 0.1) is 28.8 Å². The fourth-order valence-electron chi connectivity index (χ4n) is 4.76. The summed E-state index contributed by atoms with van der Waals surface area (Å²) in [4.78, 5) is 44.1. The average molecular weight is 593 g/mol. The number of nitrogens with zero attached hydrogens (tertiary/aromatic N) is 2. The van der Waals surface area contributed by atoms with E-state index in [1.54, 1.807) is 31.5 Å². The normalized spacial score (nSPS) is 20.5. The lowest BCUT2D eigenvalue weighted by atomic mass is 9.89. The Labute approximate surface area is 241 Å². The molecule has 1 saturated carbocycles. The highest BCUT2D eigenvalue weighted by molar-refractivity contribution is 7.13. The van der Waals surface area contributed by atoms with Gasteiger partial charge in [0.25, 0.3) is 0 Å². The monoisotopic (exact) mass is 592 g/mol. The third kappa shape index (κ3) is 7.79. The van der Waals surface area contributed by atoms with E-state index >= 15 is 0 Å². The Bertz CT molecular complexity index is 1280. The number of β-amino-alcohol motifs (C(OH)–C–C–N with tert-alkyl or cyclic N) is 1. The fourth-order valence-corrected chi connectivity index (χ4v) is 5.57. The molecule has 1 aromatic heterocycles. The largest absolute Gasteiger partial charge is 0.482 e. The van der Waals surface area contributed by atoms with Gasteiger partial charge < -0.3 is 35.6 Å². The molecule has 1 aliphatic heterocycles. The Morgan fingerprint density at radius 2 is 2.07 bits per heavy atom. The van der Waals surface area contributed by atoms with Crippen molar-refractivity contribution in [1.82, 2.24) is 15.2 Å². The summed E-state index contributed by atoms with van der Waals surface area (Å²) < 4.78 is 25.2. The molecule has 2 fully saturated rings. The minimum absolute atomic E-state index is 0.0107. The molecule has 4 rings (SSSR count). The number of nitrogens with two attached hydrogens (primary N) is 1. The second kappa shape index (κ2) is 12.4. The first-order valence-electron chi connectivity index (χ1n) is 13.5. The molecule has 11 nitrogen and oxygen atoms in total. The molecule has 0 radical (unpaired) electrons. The zero-order valence-corrected chi connectivity index (χ0v) is 24.2. The van der Waals surface area contributed by atoms with Crippen LogP contribution < -0.4 is 15.8 Å². The van der Waals surface area contributed by atoms with Crippen LogP contribution in [0.15, 0.2) is 23.7 Å². The highest BCUT2D eigenvalue weighted by Crippen LogP contribution is 2.43. The Kier molecular flexibility index (Phi) is 9.32. The standard InChI is InChI=1S/C28H37FN4O7S/c1-16-24(41-15-32-16)17-4-5-18(21(8-17)39-13-23(36)37)11-31-25(38)20-9-19(34)12-33(20)22(35)10-27(2,3)14-40-26(30)28(29)6-7-28/h4-5,8,15,19-20,26,34H,6-7,9-14,30H2,1-3H3,(H,31,38)(H,36,37)/t19-,20+,26?/m1/s1. The fraction of sp³-hybridized carbons (Fsp3) is 0.571. The number of rotatable bonds is 13. The molecule has 2 heterocycles. The van der Waals surface area contributed by atoms with E-state index in [0.29, 0.717) is 24.2 Å². The zero-order chi connectivity index (χ0) is 29.9. The van der Waals surface area contributed by atoms with Crippen molar-refractivity contribution in [3.05, 3.63) is 35.0 Å². The number of alkyl halides is 1. The molecule has 1 aromatic carbocycles. The van der Waals surface area contributed by atoms with E-state index in [1.807, 2.05) is 13.0 Å². The minimum Gasteiger partial charge on any atom is -0.482 e. The summed E-state index contributed by atoms with van der Waals surface area (Å²) in [6, 6.07) is 4.41. The minimum atomic E-state index is -1.50. The van der Waals surface area contributed by atoms with Crippen LogP contribution in [0.25, 0.3) is 10.4 Å². The van der Waals surface area contributed by atoms with Crippen molar-refractivity contribution in [1.29, 1.82) is 0 Å². The number of halogens is 1. The summed E-state index contributed by atoms with van der Waals surface area (Å²) >= 11 is 1.45. The predicted molar refractivity (Wildman–Crippen MR) is 149 cm³/mol. The number of aromatic nitrogens is 1. The number of aliphatic hydroxyl groups excluding tert-OH is 1. The lowest BCUT2D eigenvalue weighted by Crippen LogP contribution is -2.47. The number of hydrogen-bond donors (Lipinski definition) is 4. The number of thiazole rings is 1. The molecule has 3 atom stereocenters. The SMILES string of the molecule is Cc1ncsc1-c1ccc(CNC(=O)[C@@H]2C[C@@H](O)CN2C(=O)CC(C)(C)COC(N)C2(F)CC2)c(OCC(=O)O)c1. The summed E-state index contributed by atoms with van der Waals surface area (Å²) in [6.07, 6.45) is -1.09. The molecule has 2 aliphatic rings. The summed E-state index contributed by atoms with van der Waals surface area (Å²) in [6.45, 7) is 5.01. The van der Waals surface area contributed by atoms with E-state index in [0.717, 1.165) is 16.1 Å². The maximum absolute atomic E-state index is 14.1. The Morgan fingerprint density at radius 3 is 2.71 bits per heavy atom. The first-order chi connectivity index (χ1) is 19.3. The summed E-state index contributed by atoms with van der Waals surface area (Å²) in [7, 11) is 0. The number of hydrogen-bond acceptors (Lipinski definition) is 9. The lowest BCUT2D eigenvalue weighted by Gasteiger charge is -2.30. The van der Waals surface area contributed by atoms with Crippen LogP contribution in [0.1, 0.15) is 50.8 Å². The number of carboxylic acid groups (broad SMARTS) is 1. The van der Waals surface area contributed by atoms with Crippen LogP contribution in [-0.4, -0.2) is 81.7 Å². The van der Waals surface area contributed by atoms with Gasteiger partial charge in [-0.2, -0.15) is 0 Å². The molecule has 1 unspecified atom stereocenters. The van der Waals surface area contributed by atoms with Crippen LogP contribution in [0.5, 0.6) is 5.75 Å². The van der Waals surface area contributed by atoms with Gasteiger partial charge in [0, 0.05) is 31.5 Å². The highest BCUT2D eigenvalue weighted by Gasteiger charge is 2.50. The van der Waals surface area contributed by atoms with Gasteiger partial charge in [0.1, 0.15) is 23.7 Å². The predicted octanol–water partition coefficient (Wildman–Crippen LogP) is 2.38. The van der Waals surface area contributed by atoms with Crippen LogP contribution in [-0.2, 0) is 25.7 Å². The maximum Gasteiger partial charge on any atom is 0.341 e. The number of carbonyl (C=O) groups is 3. The zero-order valence-electron chi connectivity index (χ0n) is 23.4. The molecule has 5 N–H and O–H groups in total. The lowest BCUT2D eigenvalue weighted by molar-refractivity contribution is -0.141. The van der Waals surface area contributed by atoms with Gasteiger partial charge in [0.15, 0.2) is 6.61 Å². The van der Waals surface area contributed by atoms with Crippen molar-refractivity contribution in [2.45, 2.75) is 77.0 Å². The number of likely N-dealkylation sites (tertiary alicyclic amines) is 1. The highest BCUT2D eigenvalue weighted by atomic mass is 32.1. The number of nitrogens with one attached hydrogen (secondary N) is 1. The number of amides is 2. The van der Waals surface area contributed by atoms with E-state index in [2.05, 4.69) is 10.3 Å². The molecule has 0 bridgehead atoms.